The number of aliphatic imine (C=N–C) groups is 1. The highest BCUT2D eigenvalue weighted by Crippen LogP contribution is 2.19. The Hall–Kier alpha value is -1.80. The molecule has 0 aromatic heterocycles. The molecule has 26 heavy (non-hydrogen) atoms. The van der Waals surface area contributed by atoms with Crippen LogP contribution in [0, 0.1) is 6.92 Å². The number of ether oxygens (including phenoxy) is 2. The summed E-state index contributed by atoms with van der Waals surface area (Å²) in [4.78, 5) is 4.27. The summed E-state index contributed by atoms with van der Waals surface area (Å²) in [7, 11) is 5.16. The Balaban J connectivity index is 0.00000338. The Labute approximate surface area is 173 Å². The van der Waals surface area contributed by atoms with Gasteiger partial charge in [-0.25, -0.2) is 0 Å². The minimum Gasteiger partial charge on any atom is -0.496 e. The lowest BCUT2D eigenvalue weighted by atomic mass is 10.1. The number of benzene rings is 2. The molecule has 0 aliphatic carbocycles. The van der Waals surface area contributed by atoms with Gasteiger partial charge in [0.15, 0.2) is 5.96 Å². The van der Waals surface area contributed by atoms with E-state index in [4.69, 9.17) is 9.47 Å². The van der Waals surface area contributed by atoms with Gasteiger partial charge in [-0.3, -0.25) is 4.99 Å². The van der Waals surface area contributed by atoms with Crippen LogP contribution in [0.15, 0.2) is 47.5 Å². The third kappa shape index (κ3) is 6.84. The van der Waals surface area contributed by atoms with E-state index in [0.717, 1.165) is 17.3 Å². The molecule has 2 N–H and O–H groups in total. The summed E-state index contributed by atoms with van der Waals surface area (Å²) in [5, 5.41) is 6.64. The lowest BCUT2D eigenvalue weighted by Gasteiger charge is -2.14. The summed E-state index contributed by atoms with van der Waals surface area (Å²) in [6, 6.07) is 14.5. The maximum atomic E-state index is 5.44. The first-order valence-electron chi connectivity index (χ1n) is 8.31. The summed E-state index contributed by atoms with van der Waals surface area (Å²) in [5.41, 5.74) is 4.64. The fourth-order valence-electron chi connectivity index (χ4n) is 2.50. The molecule has 0 bridgehead atoms. The lowest BCUT2D eigenvalue weighted by molar-refractivity contribution is 0.185. The van der Waals surface area contributed by atoms with Crippen LogP contribution in [0.5, 0.6) is 5.75 Å². The molecule has 2 aromatic rings. The molecule has 0 fully saturated rings. The molecule has 0 heterocycles. The molecule has 0 amide bonds. The molecule has 0 saturated heterocycles. The van der Waals surface area contributed by atoms with E-state index in [1.807, 2.05) is 6.07 Å². The number of hydrogen-bond donors (Lipinski definition) is 2. The SMILES string of the molecule is CN=C(NCc1ccc(COC)cc1)NCc1ccc(C)cc1OC.I. The maximum absolute atomic E-state index is 5.44. The molecule has 0 atom stereocenters. The van der Waals surface area contributed by atoms with Crippen LogP contribution in [-0.4, -0.2) is 27.2 Å². The van der Waals surface area contributed by atoms with Gasteiger partial charge in [0.05, 0.1) is 13.7 Å². The van der Waals surface area contributed by atoms with Gasteiger partial charge in [-0.2, -0.15) is 0 Å². The second-order valence-electron chi connectivity index (χ2n) is 5.84. The summed E-state index contributed by atoms with van der Waals surface area (Å²) in [5.74, 6) is 1.64. The Morgan fingerprint density at radius 1 is 0.962 bits per heavy atom. The molecule has 2 rings (SSSR count). The van der Waals surface area contributed by atoms with Crippen molar-refractivity contribution in [2.75, 3.05) is 21.3 Å². The first kappa shape index (κ1) is 22.2. The summed E-state index contributed by atoms with van der Waals surface area (Å²) in [6.45, 7) is 4.04. The average molecular weight is 469 g/mol. The topological polar surface area (TPSA) is 54.9 Å². The van der Waals surface area contributed by atoms with Crippen molar-refractivity contribution in [3.63, 3.8) is 0 Å². The fourth-order valence-corrected chi connectivity index (χ4v) is 2.50. The molecule has 0 spiro atoms. The van der Waals surface area contributed by atoms with Crippen LogP contribution in [0.2, 0.25) is 0 Å². The number of methoxy groups -OCH3 is 2. The first-order chi connectivity index (χ1) is 12.2. The van der Waals surface area contributed by atoms with E-state index >= 15 is 0 Å². The molecule has 2 aromatic carbocycles. The quantitative estimate of drug-likeness (QED) is 0.370. The molecule has 0 unspecified atom stereocenters. The van der Waals surface area contributed by atoms with Gasteiger partial charge in [-0.15, -0.1) is 24.0 Å². The third-order valence-corrected chi connectivity index (χ3v) is 3.91. The molecular formula is C20H28IN3O2. The number of guanidine groups is 1. The number of halogens is 1. The van der Waals surface area contributed by atoms with E-state index in [9.17, 15) is 0 Å². The predicted octanol–water partition coefficient (Wildman–Crippen LogP) is 3.63. The second-order valence-corrected chi connectivity index (χ2v) is 5.84. The van der Waals surface area contributed by atoms with Crippen molar-refractivity contribution in [2.45, 2.75) is 26.6 Å². The molecule has 0 radical (unpaired) electrons. The Bertz CT molecular complexity index is 703. The van der Waals surface area contributed by atoms with Crippen molar-refractivity contribution in [3.8, 4) is 5.75 Å². The highest BCUT2D eigenvalue weighted by atomic mass is 127. The number of hydrogen-bond acceptors (Lipinski definition) is 3. The second kappa shape index (κ2) is 11.7. The van der Waals surface area contributed by atoms with Crippen LogP contribution in [0.1, 0.15) is 22.3 Å². The summed E-state index contributed by atoms with van der Waals surface area (Å²) < 4.78 is 10.6. The Kier molecular flexibility index (Phi) is 10.0. The molecule has 0 saturated carbocycles. The number of rotatable bonds is 7. The molecule has 0 aliphatic rings. The molecular weight excluding hydrogens is 441 g/mol. The summed E-state index contributed by atoms with van der Waals surface area (Å²) >= 11 is 0. The van der Waals surface area contributed by atoms with Gasteiger partial charge in [0, 0.05) is 32.8 Å². The van der Waals surface area contributed by atoms with Crippen LogP contribution >= 0.6 is 24.0 Å². The number of nitrogens with zero attached hydrogens (tertiary/aromatic N) is 1. The predicted molar refractivity (Wildman–Crippen MR) is 117 cm³/mol. The minimum absolute atomic E-state index is 0. The van der Waals surface area contributed by atoms with Gasteiger partial charge < -0.3 is 20.1 Å². The fraction of sp³-hybridized carbons (Fsp3) is 0.350. The molecule has 142 valence electrons. The van der Waals surface area contributed by atoms with Gasteiger partial charge in [0.1, 0.15) is 5.75 Å². The van der Waals surface area contributed by atoms with Gasteiger partial charge in [-0.1, -0.05) is 36.4 Å². The van der Waals surface area contributed by atoms with Gasteiger partial charge in [0.2, 0.25) is 0 Å². The third-order valence-electron chi connectivity index (χ3n) is 3.91. The minimum atomic E-state index is 0. The zero-order valence-corrected chi connectivity index (χ0v) is 18.2. The maximum Gasteiger partial charge on any atom is 0.191 e. The van der Waals surface area contributed by atoms with Crippen molar-refractivity contribution in [2.24, 2.45) is 4.99 Å². The largest absolute Gasteiger partial charge is 0.496 e. The van der Waals surface area contributed by atoms with E-state index in [1.54, 1.807) is 21.3 Å². The molecule has 5 nitrogen and oxygen atoms in total. The van der Waals surface area contributed by atoms with Crippen LogP contribution in [0.4, 0.5) is 0 Å². The zero-order valence-electron chi connectivity index (χ0n) is 15.8. The normalized spacial score (nSPS) is 10.8. The van der Waals surface area contributed by atoms with E-state index in [-0.39, 0.29) is 24.0 Å². The van der Waals surface area contributed by atoms with Gasteiger partial charge in [-0.05, 0) is 29.7 Å². The summed E-state index contributed by atoms with van der Waals surface area (Å²) in [6.07, 6.45) is 0. The first-order valence-corrected chi connectivity index (χ1v) is 8.31. The highest BCUT2D eigenvalue weighted by Gasteiger charge is 2.05. The van der Waals surface area contributed by atoms with E-state index < -0.39 is 0 Å². The zero-order chi connectivity index (χ0) is 18.1. The van der Waals surface area contributed by atoms with E-state index in [0.29, 0.717) is 19.7 Å². The van der Waals surface area contributed by atoms with Crippen molar-refractivity contribution < 1.29 is 9.47 Å². The van der Waals surface area contributed by atoms with Crippen molar-refractivity contribution in [3.05, 3.63) is 64.7 Å². The van der Waals surface area contributed by atoms with Gasteiger partial charge >= 0.3 is 0 Å². The molecule has 6 heteroatoms. The average Bonchev–Trinajstić information content (AvgIpc) is 2.64. The van der Waals surface area contributed by atoms with E-state index in [2.05, 4.69) is 58.9 Å². The Morgan fingerprint density at radius 3 is 2.23 bits per heavy atom. The van der Waals surface area contributed by atoms with Gasteiger partial charge in [0.25, 0.3) is 0 Å². The Morgan fingerprint density at radius 2 is 1.62 bits per heavy atom. The number of aryl methyl sites for hydroxylation is 1. The van der Waals surface area contributed by atoms with Crippen LogP contribution < -0.4 is 15.4 Å². The van der Waals surface area contributed by atoms with E-state index in [1.165, 1.54) is 16.7 Å². The smallest absolute Gasteiger partial charge is 0.191 e. The van der Waals surface area contributed by atoms with Crippen molar-refractivity contribution in [1.29, 1.82) is 0 Å². The monoisotopic (exact) mass is 469 g/mol. The van der Waals surface area contributed by atoms with Crippen LogP contribution in [-0.2, 0) is 24.4 Å². The number of nitrogens with one attached hydrogen (secondary N) is 2. The van der Waals surface area contributed by atoms with Crippen LogP contribution in [0.3, 0.4) is 0 Å². The highest BCUT2D eigenvalue weighted by molar-refractivity contribution is 14.0. The molecule has 0 aliphatic heterocycles. The standard InChI is InChI=1S/C20H27N3O2.HI/c1-15-5-10-18(19(11-15)25-4)13-23-20(21-2)22-12-16-6-8-17(9-7-16)14-24-3;/h5-11H,12-14H2,1-4H3,(H2,21,22,23);1H. The van der Waals surface area contributed by atoms with Crippen molar-refractivity contribution in [1.82, 2.24) is 10.6 Å². The van der Waals surface area contributed by atoms with Crippen LogP contribution in [0.25, 0.3) is 0 Å². The lowest BCUT2D eigenvalue weighted by Crippen LogP contribution is -2.36. The van der Waals surface area contributed by atoms with Crippen molar-refractivity contribution >= 4 is 29.9 Å².